The summed E-state index contributed by atoms with van der Waals surface area (Å²) < 4.78 is 1.09. The van der Waals surface area contributed by atoms with Crippen molar-refractivity contribution in [3.05, 3.63) is 28.2 Å². The molecule has 1 amide bonds. The van der Waals surface area contributed by atoms with Crippen LogP contribution in [0.25, 0.3) is 0 Å². The van der Waals surface area contributed by atoms with Crippen molar-refractivity contribution in [1.29, 1.82) is 0 Å². The molecule has 0 radical (unpaired) electrons. The zero-order valence-corrected chi connectivity index (χ0v) is 17.3. The quantitative estimate of drug-likeness (QED) is 0.753. The highest BCUT2D eigenvalue weighted by Gasteiger charge is 2.37. The van der Waals surface area contributed by atoms with Crippen LogP contribution in [0, 0.1) is 11.8 Å². The molecule has 0 aromatic heterocycles. The smallest absolute Gasteiger partial charge is 0.226 e. The van der Waals surface area contributed by atoms with Gasteiger partial charge in [0.05, 0.1) is 6.04 Å². The minimum Gasteiger partial charge on any atom is -0.336 e. The van der Waals surface area contributed by atoms with E-state index in [9.17, 15) is 4.79 Å². The van der Waals surface area contributed by atoms with E-state index in [4.69, 9.17) is 5.73 Å². The lowest BCUT2D eigenvalue weighted by molar-refractivity contribution is -0.139. The molecule has 1 unspecified atom stereocenters. The van der Waals surface area contributed by atoms with E-state index in [1.807, 2.05) is 11.8 Å². The molecular weight excluding hydrogens is 408 g/mol. The first-order valence-corrected chi connectivity index (χ1v) is 10.4. The van der Waals surface area contributed by atoms with Gasteiger partial charge in [-0.1, -0.05) is 22.4 Å². The number of amides is 1. The van der Waals surface area contributed by atoms with Crippen LogP contribution < -0.4 is 5.73 Å². The van der Waals surface area contributed by atoms with Gasteiger partial charge < -0.3 is 10.6 Å². The molecule has 1 aromatic rings. The Morgan fingerprint density at radius 1 is 1.38 bits per heavy atom. The maximum atomic E-state index is 13.2. The van der Waals surface area contributed by atoms with Crippen LogP contribution in [0.4, 0.5) is 0 Å². The average Bonchev–Trinajstić information content (AvgIpc) is 3.04. The number of hydrogen-bond donors (Lipinski definition) is 1. The third kappa shape index (κ3) is 3.95. The maximum Gasteiger partial charge on any atom is 0.226 e. The molecule has 1 aromatic carbocycles. The van der Waals surface area contributed by atoms with Crippen molar-refractivity contribution in [3.8, 4) is 0 Å². The molecule has 1 saturated carbocycles. The summed E-state index contributed by atoms with van der Waals surface area (Å²) >= 11 is 5.48. The van der Waals surface area contributed by atoms with Crippen LogP contribution in [0.5, 0.6) is 0 Å². The minimum atomic E-state index is 0. The Kier molecular flexibility index (Phi) is 7.47. The van der Waals surface area contributed by atoms with E-state index in [-0.39, 0.29) is 24.4 Å². The Hall–Kier alpha value is -0.230. The van der Waals surface area contributed by atoms with Crippen LogP contribution >= 0.6 is 40.1 Å². The van der Waals surface area contributed by atoms with Crippen LogP contribution in [0.1, 0.15) is 44.2 Å². The van der Waals surface area contributed by atoms with E-state index in [0.29, 0.717) is 18.4 Å². The van der Waals surface area contributed by atoms with Gasteiger partial charge in [0.15, 0.2) is 0 Å². The van der Waals surface area contributed by atoms with Gasteiger partial charge in [-0.2, -0.15) is 0 Å². The second-order valence-electron chi connectivity index (χ2n) is 6.49. The Bertz CT molecular complexity index is 586. The molecule has 0 saturated heterocycles. The molecule has 0 bridgehead atoms. The molecule has 24 heavy (non-hydrogen) atoms. The fourth-order valence-electron chi connectivity index (χ4n) is 4.06. The summed E-state index contributed by atoms with van der Waals surface area (Å²) in [5.41, 5.74) is 7.20. The molecule has 2 N–H and O–H groups in total. The first-order chi connectivity index (χ1) is 11.2. The van der Waals surface area contributed by atoms with E-state index < -0.39 is 0 Å². The summed E-state index contributed by atoms with van der Waals surface area (Å²) in [6, 6.07) is 6.66. The number of halogens is 2. The van der Waals surface area contributed by atoms with Gasteiger partial charge in [-0.25, -0.2) is 0 Å². The Morgan fingerprint density at radius 3 is 2.88 bits per heavy atom. The number of fused-ring (bicyclic) bond motifs is 1. The fraction of sp³-hybridized carbons (Fsp3) is 0.611. The standard InChI is InChI=1S/C18H25BrN2OS.ClH/c1-2-21(18(22)14-5-3-4-12(14)11-20)16-8-9-23-17-7-6-13(19)10-15(16)17;/h6-7,10,12,14,16H,2-5,8-9,11,20H2,1H3;1H/t12-,14-,16?;/m1./s1. The van der Waals surface area contributed by atoms with Gasteiger partial charge in [0.1, 0.15) is 0 Å². The zero-order valence-electron chi connectivity index (χ0n) is 14.0. The summed E-state index contributed by atoms with van der Waals surface area (Å²) in [4.78, 5) is 16.6. The largest absolute Gasteiger partial charge is 0.336 e. The third-order valence-electron chi connectivity index (χ3n) is 5.26. The lowest BCUT2D eigenvalue weighted by Crippen LogP contribution is -2.42. The van der Waals surface area contributed by atoms with Gasteiger partial charge in [-0.05, 0) is 62.4 Å². The van der Waals surface area contributed by atoms with E-state index in [1.165, 1.54) is 10.5 Å². The molecule has 1 fully saturated rings. The second kappa shape index (κ2) is 8.93. The lowest BCUT2D eigenvalue weighted by atomic mass is 9.92. The number of carbonyl (C=O) groups excluding carboxylic acids is 1. The lowest BCUT2D eigenvalue weighted by Gasteiger charge is -2.37. The SMILES string of the molecule is CCN(C(=O)[C@@H]1CCC[C@@H]1CN)C1CCSc2ccc(Br)cc21.Cl. The third-order valence-corrected chi connectivity index (χ3v) is 6.87. The van der Waals surface area contributed by atoms with Gasteiger partial charge >= 0.3 is 0 Å². The molecule has 3 atom stereocenters. The van der Waals surface area contributed by atoms with Crippen molar-refractivity contribution in [1.82, 2.24) is 4.90 Å². The van der Waals surface area contributed by atoms with Crippen molar-refractivity contribution >= 4 is 46.0 Å². The van der Waals surface area contributed by atoms with E-state index in [2.05, 4.69) is 46.0 Å². The molecule has 2 aliphatic rings. The second-order valence-corrected chi connectivity index (χ2v) is 8.54. The van der Waals surface area contributed by atoms with Crippen molar-refractivity contribution in [2.75, 3.05) is 18.8 Å². The van der Waals surface area contributed by atoms with Crippen molar-refractivity contribution in [2.24, 2.45) is 17.6 Å². The number of hydrogen-bond acceptors (Lipinski definition) is 3. The summed E-state index contributed by atoms with van der Waals surface area (Å²) in [5, 5.41) is 0. The van der Waals surface area contributed by atoms with Gasteiger partial charge in [0.2, 0.25) is 5.91 Å². The summed E-state index contributed by atoms with van der Waals surface area (Å²) in [6.45, 7) is 3.51. The van der Waals surface area contributed by atoms with Crippen molar-refractivity contribution in [3.63, 3.8) is 0 Å². The van der Waals surface area contributed by atoms with Crippen LogP contribution in [0.3, 0.4) is 0 Å². The molecule has 134 valence electrons. The molecule has 1 heterocycles. The zero-order chi connectivity index (χ0) is 16.4. The van der Waals surface area contributed by atoms with Crippen LogP contribution in [0.2, 0.25) is 0 Å². The van der Waals surface area contributed by atoms with Crippen LogP contribution in [-0.2, 0) is 4.79 Å². The normalized spacial score (nSPS) is 25.7. The van der Waals surface area contributed by atoms with Gasteiger partial charge in [0.25, 0.3) is 0 Å². The van der Waals surface area contributed by atoms with Crippen molar-refractivity contribution in [2.45, 2.75) is 43.5 Å². The number of nitrogens with zero attached hydrogens (tertiary/aromatic N) is 1. The van der Waals surface area contributed by atoms with Gasteiger partial charge in [-0.15, -0.1) is 24.2 Å². The topological polar surface area (TPSA) is 46.3 Å². The highest BCUT2D eigenvalue weighted by Crippen LogP contribution is 2.42. The number of benzene rings is 1. The highest BCUT2D eigenvalue weighted by molar-refractivity contribution is 9.10. The first-order valence-electron chi connectivity index (χ1n) is 8.58. The summed E-state index contributed by atoms with van der Waals surface area (Å²) in [6.07, 6.45) is 4.28. The van der Waals surface area contributed by atoms with E-state index in [0.717, 1.165) is 42.5 Å². The summed E-state index contributed by atoms with van der Waals surface area (Å²) in [7, 11) is 0. The van der Waals surface area contributed by atoms with E-state index >= 15 is 0 Å². The Labute approximate surface area is 163 Å². The molecule has 1 aliphatic carbocycles. The first kappa shape index (κ1) is 20.1. The molecule has 3 rings (SSSR count). The number of nitrogens with two attached hydrogens (primary N) is 1. The average molecular weight is 434 g/mol. The van der Waals surface area contributed by atoms with Crippen molar-refractivity contribution < 1.29 is 4.79 Å². The Morgan fingerprint density at radius 2 is 2.17 bits per heavy atom. The van der Waals surface area contributed by atoms with Gasteiger partial charge in [-0.3, -0.25) is 4.79 Å². The summed E-state index contributed by atoms with van der Waals surface area (Å²) in [5.74, 6) is 1.90. The molecular formula is C18H26BrClN2OS. The van der Waals surface area contributed by atoms with E-state index in [1.54, 1.807) is 0 Å². The molecule has 6 heteroatoms. The predicted octanol–water partition coefficient (Wildman–Crippen LogP) is 4.63. The fourth-order valence-corrected chi connectivity index (χ4v) is 5.52. The highest BCUT2D eigenvalue weighted by atomic mass is 79.9. The molecule has 3 nitrogen and oxygen atoms in total. The maximum absolute atomic E-state index is 13.2. The van der Waals surface area contributed by atoms with Gasteiger partial charge in [0, 0.05) is 27.6 Å². The minimum absolute atomic E-state index is 0. The Balaban J connectivity index is 0.00000208. The number of thioether (sulfide) groups is 1. The van der Waals surface area contributed by atoms with Crippen LogP contribution in [0.15, 0.2) is 27.6 Å². The monoisotopic (exact) mass is 432 g/mol. The van der Waals surface area contributed by atoms with Crippen LogP contribution in [-0.4, -0.2) is 29.6 Å². The predicted molar refractivity (Wildman–Crippen MR) is 107 cm³/mol. The number of rotatable bonds is 4. The number of carbonyl (C=O) groups is 1. The molecule has 1 aliphatic heterocycles. The molecule has 0 spiro atoms.